The summed E-state index contributed by atoms with van der Waals surface area (Å²) in [6, 6.07) is 4.30. The molecule has 0 aliphatic carbocycles. The molecule has 0 spiro atoms. The highest BCUT2D eigenvalue weighted by molar-refractivity contribution is 5.97. The van der Waals surface area contributed by atoms with Crippen molar-refractivity contribution in [2.24, 2.45) is 5.92 Å². The first-order chi connectivity index (χ1) is 7.02. The number of rotatable bonds is 3. The van der Waals surface area contributed by atoms with Crippen molar-refractivity contribution < 1.29 is 15.0 Å². The topological polar surface area (TPSA) is 69.6 Å². The molecule has 1 amide bonds. The minimum atomic E-state index is -0.378. The van der Waals surface area contributed by atoms with Gasteiger partial charge in [-0.3, -0.25) is 4.79 Å². The molecule has 82 valence electrons. The second kappa shape index (κ2) is 4.68. The van der Waals surface area contributed by atoms with Crippen LogP contribution >= 0.6 is 0 Å². The van der Waals surface area contributed by atoms with Crippen molar-refractivity contribution in [3.63, 3.8) is 0 Å². The lowest BCUT2D eigenvalue weighted by molar-refractivity contribution is 0.0945. The normalized spacial score (nSPS) is 10.3. The fourth-order valence-electron chi connectivity index (χ4n) is 1.11. The molecular weight excluding hydrogens is 194 g/mol. The first-order valence-corrected chi connectivity index (χ1v) is 4.81. The molecule has 1 aromatic rings. The molecule has 0 saturated heterocycles. The summed E-state index contributed by atoms with van der Waals surface area (Å²) >= 11 is 0. The van der Waals surface area contributed by atoms with Crippen molar-refractivity contribution in [2.75, 3.05) is 6.54 Å². The SMILES string of the molecule is CC(C)CNC(=O)c1cccc(O)c1O. The molecule has 0 fully saturated rings. The molecule has 0 aliphatic rings. The number of para-hydroxylation sites is 1. The van der Waals surface area contributed by atoms with Gasteiger partial charge >= 0.3 is 0 Å². The van der Waals surface area contributed by atoms with E-state index >= 15 is 0 Å². The van der Waals surface area contributed by atoms with Crippen molar-refractivity contribution in [1.82, 2.24) is 5.32 Å². The molecule has 0 heterocycles. The van der Waals surface area contributed by atoms with Gasteiger partial charge in [-0.2, -0.15) is 0 Å². The number of hydrogen-bond donors (Lipinski definition) is 3. The summed E-state index contributed by atoms with van der Waals surface area (Å²) in [6.45, 7) is 4.49. The Morgan fingerprint density at radius 1 is 1.40 bits per heavy atom. The summed E-state index contributed by atoms with van der Waals surface area (Å²) in [5.41, 5.74) is 0.0932. The molecule has 0 unspecified atom stereocenters. The van der Waals surface area contributed by atoms with Gasteiger partial charge in [-0.05, 0) is 18.1 Å². The Balaban J connectivity index is 2.78. The predicted octanol–water partition coefficient (Wildman–Crippen LogP) is 1.48. The van der Waals surface area contributed by atoms with Crippen LogP contribution in [0.4, 0.5) is 0 Å². The number of amides is 1. The van der Waals surface area contributed by atoms with Crippen LogP contribution in [0.25, 0.3) is 0 Å². The van der Waals surface area contributed by atoms with Crippen molar-refractivity contribution in [3.05, 3.63) is 23.8 Å². The van der Waals surface area contributed by atoms with Gasteiger partial charge in [0, 0.05) is 6.54 Å². The van der Waals surface area contributed by atoms with Crippen LogP contribution in [0.15, 0.2) is 18.2 Å². The van der Waals surface area contributed by atoms with Crippen molar-refractivity contribution >= 4 is 5.91 Å². The van der Waals surface area contributed by atoms with E-state index in [0.29, 0.717) is 12.5 Å². The Kier molecular flexibility index (Phi) is 3.55. The highest BCUT2D eigenvalue weighted by atomic mass is 16.3. The Labute approximate surface area is 88.6 Å². The zero-order chi connectivity index (χ0) is 11.4. The number of nitrogens with one attached hydrogen (secondary N) is 1. The van der Waals surface area contributed by atoms with Crippen LogP contribution in [0.5, 0.6) is 11.5 Å². The second-order valence-corrected chi connectivity index (χ2v) is 3.78. The van der Waals surface area contributed by atoms with Crippen LogP contribution in [0.3, 0.4) is 0 Å². The predicted molar refractivity (Wildman–Crippen MR) is 56.9 cm³/mol. The summed E-state index contributed by atoms with van der Waals surface area (Å²) in [6.07, 6.45) is 0. The van der Waals surface area contributed by atoms with Crippen LogP contribution in [0.2, 0.25) is 0 Å². The van der Waals surface area contributed by atoms with Crippen LogP contribution in [0.1, 0.15) is 24.2 Å². The third-order valence-electron chi connectivity index (χ3n) is 1.93. The lowest BCUT2D eigenvalue weighted by atomic mass is 10.1. The van der Waals surface area contributed by atoms with Crippen molar-refractivity contribution in [3.8, 4) is 11.5 Å². The third-order valence-corrected chi connectivity index (χ3v) is 1.93. The quantitative estimate of drug-likeness (QED) is 0.660. The molecule has 0 aliphatic heterocycles. The smallest absolute Gasteiger partial charge is 0.255 e. The lowest BCUT2D eigenvalue weighted by Gasteiger charge is -2.09. The van der Waals surface area contributed by atoms with E-state index < -0.39 is 0 Å². The number of hydrogen-bond acceptors (Lipinski definition) is 3. The van der Waals surface area contributed by atoms with Crippen LogP contribution < -0.4 is 5.32 Å². The first-order valence-electron chi connectivity index (χ1n) is 4.81. The van der Waals surface area contributed by atoms with E-state index in [9.17, 15) is 15.0 Å². The fraction of sp³-hybridized carbons (Fsp3) is 0.364. The molecule has 0 saturated carbocycles. The maximum absolute atomic E-state index is 11.5. The molecule has 3 N–H and O–H groups in total. The summed E-state index contributed by atoms with van der Waals surface area (Å²) in [5, 5.41) is 21.3. The van der Waals surface area contributed by atoms with Crippen LogP contribution in [-0.4, -0.2) is 22.7 Å². The Morgan fingerprint density at radius 3 is 2.67 bits per heavy atom. The number of phenols is 2. The van der Waals surface area contributed by atoms with E-state index in [4.69, 9.17) is 0 Å². The number of carbonyl (C=O) groups is 1. The highest BCUT2D eigenvalue weighted by Gasteiger charge is 2.13. The molecule has 0 aromatic heterocycles. The van der Waals surface area contributed by atoms with Crippen molar-refractivity contribution in [1.29, 1.82) is 0 Å². The molecule has 4 heteroatoms. The van der Waals surface area contributed by atoms with E-state index in [2.05, 4.69) is 5.32 Å². The third kappa shape index (κ3) is 2.87. The van der Waals surface area contributed by atoms with Gasteiger partial charge in [0.25, 0.3) is 5.91 Å². The zero-order valence-electron chi connectivity index (χ0n) is 8.82. The van der Waals surface area contributed by atoms with Gasteiger partial charge in [-0.1, -0.05) is 19.9 Å². The number of carbonyl (C=O) groups excluding carboxylic acids is 1. The summed E-state index contributed by atoms with van der Waals surface area (Å²) in [5.74, 6) is -0.698. The lowest BCUT2D eigenvalue weighted by Crippen LogP contribution is -2.27. The summed E-state index contributed by atoms with van der Waals surface area (Å²) < 4.78 is 0. The van der Waals surface area contributed by atoms with Gasteiger partial charge in [-0.25, -0.2) is 0 Å². The van der Waals surface area contributed by atoms with Gasteiger partial charge in [-0.15, -0.1) is 0 Å². The number of aromatic hydroxyl groups is 2. The minimum Gasteiger partial charge on any atom is -0.504 e. The van der Waals surface area contributed by atoms with Crippen molar-refractivity contribution in [2.45, 2.75) is 13.8 Å². The number of phenolic OH excluding ortho intramolecular Hbond substituents is 2. The van der Waals surface area contributed by atoms with E-state index in [0.717, 1.165) is 0 Å². The Hall–Kier alpha value is -1.71. The van der Waals surface area contributed by atoms with Gasteiger partial charge in [0.2, 0.25) is 0 Å². The fourth-order valence-corrected chi connectivity index (χ4v) is 1.11. The number of benzene rings is 1. The van der Waals surface area contributed by atoms with Gasteiger partial charge in [0.1, 0.15) is 0 Å². The van der Waals surface area contributed by atoms with Gasteiger partial charge in [0.05, 0.1) is 5.56 Å². The summed E-state index contributed by atoms with van der Waals surface area (Å²) in [4.78, 5) is 11.5. The van der Waals surface area contributed by atoms with E-state index in [1.165, 1.54) is 18.2 Å². The maximum Gasteiger partial charge on any atom is 0.255 e. The van der Waals surface area contributed by atoms with Gasteiger partial charge in [0.15, 0.2) is 11.5 Å². The average molecular weight is 209 g/mol. The van der Waals surface area contributed by atoms with Crippen LogP contribution in [-0.2, 0) is 0 Å². The van der Waals surface area contributed by atoms with E-state index in [1.807, 2.05) is 13.8 Å². The van der Waals surface area contributed by atoms with Crippen LogP contribution in [0, 0.1) is 5.92 Å². The molecule has 4 nitrogen and oxygen atoms in total. The van der Waals surface area contributed by atoms with E-state index in [-0.39, 0.29) is 23.0 Å². The molecule has 0 radical (unpaired) electrons. The van der Waals surface area contributed by atoms with E-state index in [1.54, 1.807) is 0 Å². The summed E-state index contributed by atoms with van der Waals surface area (Å²) in [7, 11) is 0. The van der Waals surface area contributed by atoms with Gasteiger partial charge < -0.3 is 15.5 Å². The monoisotopic (exact) mass is 209 g/mol. The minimum absolute atomic E-state index is 0.0932. The Bertz CT molecular complexity index is 361. The maximum atomic E-state index is 11.5. The molecular formula is C11H15NO3. The first kappa shape index (κ1) is 11.4. The molecule has 0 atom stereocenters. The standard InChI is InChI=1S/C11H15NO3/c1-7(2)6-12-11(15)8-4-3-5-9(13)10(8)14/h3-5,7,13-14H,6H2,1-2H3,(H,12,15). The molecule has 1 aromatic carbocycles. The molecule has 1 rings (SSSR count). The molecule has 0 bridgehead atoms. The Morgan fingerprint density at radius 2 is 2.07 bits per heavy atom. The highest BCUT2D eigenvalue weighted by Crippen LogP contribution is 2.27. The largest absolute Gasteiger partial charge is 0.504 e. The molecule has 15 heavy (non-hydrogen) atoms. The zero-order valence-corrected chi connectivity index (χ0v) is 8.82. The second-order valence-electron chi connectivity index (χ2n) is 3.78. The average Bonchev–Trinajstić information content (AvgIpc) is 2.18.